The normalized spacial score (nSPS) is 27.4. The lowest BCUT2D eigenvalue weighted by Crippen LogP contribution is -2.64. The van der Waals surface area contributed by atoms with E-state index in [4.69, 9.17) is 0 Å². The molecule has 2 aliphatic rings. The highest BCUT2D eigenvalue weighted by Gasteiger charge is 2.48. The summed E-state index contributed by atoms with van der Waals surface area (Å²) >= 11 is 0. The summed E-state index contributed by atoms with van der Waals surface area (Å²) < 4.78 is 69.5. The average Bonchev–Trinajstić information content (AvgIpc) is 2.89. The first-order chi connectivity index (χ1) is 18.3. The Labute approximate surface area is 228 Å². The number of halogens is 3. The van der Waals surface area contributed by atoms with Crippen molar-refractivity contribution in [1.29, 1.82) is 0 Å². The van der Waals surface area contributed by atoms with Gasteiger partial charge in [0, 0.05) is 24.7 Å². The lowest BCUT2D eigenvalue weighted by atomic mass is 9.75. The topological polar surface area (TPSA) is 95.5 Å². The summed E-state index contributed by atoms with van der Waals surface area (Å²) in [6.07, 6.45) is 0.915. The van der Waals surface area contributed by atoms with E-state index in [0.29, 0.717) is 37.7 Å². The number of benzene rings is 1. The Hall–Kier alpha value is -2.73. The van der Waals surface area contributed by atoms with Gasteiger partial charge in [0.2, 0.25) is 15.9 Å². The first kappa shape index (κ1) is 29.3. The number of hydrogen-bond donors (Lipinski definition) is 1. The molecule has 2 heterocycles. The third kappa shape index (κ3) is 6.37. The monoisotopic (exact) mass is 567 g/mol. The number of amides is 1. The Bertz CT molecular complexity index is 1260. The minimum Gasteiger partial charge on any atom is -0.334 e. The summed E-state index contributed by atoms with van der Waals surface area (Å²) in [6.45, 7) is 3.59. The van der Waals surface area contributed by atoms with Gasteiger partial charge in [0.05, 0.1) is 16.9 Å². The number of likely N-dealkylation sites (tertiary alicyclic amines) is 1. The van der Waals surface area contributed by atoms with Gasteiger partial charge >= 0.3 is 6.18 Å². The first-order valence-electron chi connectivity index (χ1n) is 13.2. The zero-order valence-electron chi connectivity index (χ0n) is 22.6. The molecule has 0 radical (unpaired) electrons. The van der Waals surface area contributed by atoms with Crippen LogP contribution in [0.4, 0.5) is 19.0 Å². The fraction of sp³-hybridized carbons (Fsp3) is 0.593. The molecule has 6 atom stereocenters. The molecule has 1 N–H and O–H groups in total. The average molecular weight is 568 g/mol. The van der Waals surface area contributed by atoms with Crippen LogP contribution in [0.25, 0.3) is 0 Å². The van der Waals surface area contributed by atoms with Crippen LogP contribution in [-0.4, -0.2) is 71.6 Å². The molecule has 2 aromatic rings. The minimum absolute atomic E-state index is 0.0660. The fourth-order valence-electron chi connectivity index (χ4n) is 6.24. The second-order valence-corrected chi connectivity index (χ2v) is 13.0. The van der Waals surface area contributed by atoms with Crippen LogP contribution in [-0.2, 0) is 21.0 Å². The van der Waals surface area contributed by atoms with Gasteiger partial charge < -0.3 is 9.80 Å². The van der Waals surface area contributed by atoms with Crippen LogP contribution in [0.2, 0.25) is 0 Å². The number of aromatic nitrogens is 2. The Balaban J connectivity index is 1.62. The van der Waals surface area contributed by atoms with E-state index in [1.165, 1.54) is 30.7 Å². The molecule has 4 rings (SSSR count). The number of nitrogens with one attached hydrogen (secondary N) is 1. The molecule has 12 heteroatoms. The second-order valence-electron chi connectivity index (χ2n) is 11.0. The van der Waals surface area contributed by atoms with E-state index in [1.807, 2.05) is 25.9 Å². The van der Waals surface area contributed by atoms with Crippen LogP contribution < -0.4 is 4.72 Å². The number of carbonyl (C=O) groups excluding carboxylic acids is 1. The van der Waals surface area contributed by atoms with E-state index in [2.05, 4.69) is 14.7 Å². The standard InChI is InChI=1S/C27H36F3N5O3S/c1-17-8-11-25(36)35(26(17)18(2)39(37,38)33-24-12-13-31-16-32-24)22-10-9-20(15-23(22)34(3)4)19-6-5-7-21(14-19)27(28,29)30/h5-7,12-14,16-18,20,22-23,26H,8-11,15H2,1-4H3,(H,31,32,33)/t17?,18?,20-,22-,23-,26-/m0/s1. The van der Waals surface area contributed by atoms with Crippen molar-refractivity contribution in [2.24, 2.45) is 5.92 Å². The molecule has 8 nitrogen and oxygen atoms in total. The maximum absolute atomic E-state index is 13.5. The molecule has 0 spiro atoms. The van der Waals surface area contributed by atoms with E-state index in [-0.39, 0.29) is 35.6 Å². The molecule has 1 aliphatic carbocycles. The smallest absolute Gasteiger partial charge is 0.334 e. The van der Waals surface area contributed by atoms with Gasteiger partial charge in [-0.15, -0.1) is 0 Å². The van der Waals surface area contributed by atoms with Crippen LogP contribution in [0.5, 0.6) is 0 Å². The molecule has 1 aromatic heterocycles. The number of rotatable bonds is 7. The molecule has 214 valence electrons. The first-order valence-corrected chi connectivity index (χ1v) is 14.8. The van der Waals surface area contributed by atoms with Gasteiger partial charge in [-0.3, -0.25) is 9.52 Å². The van der Waals surface area contributed by atoms with E-state index in [1.54, 1.807) is 17.9 Å². The van der Waals surface area contributed by atoms with E-state index >= 15 is 0 Å². The maximum atomic E-state index is 13.5. The molecule has 1 aromatic carbocycles. The van der Waals surface area contributed by atoms with Crippen LogP contribution in [0.15, 0.2) is 42.9 Å². The SMILES string of the molecule is CC1CCC(=O)N([C@H]2CC[C@H](c3cccc(C(F)(F)F)c3)C[C@@H]2N(C)C)[C@@H]1C(C)S(=O)(=O)Nc1ccncn1. The third-order valence-corrected chi connectivity index (χ3v) is 10.0. The third-order valence-electron chi connectivity index (χ3n) is 8.29. The van der Waals surface area contributed by atoms with Crippen LogP contribution in [0.1, 0.15) is 63.0 Å². The number of hydrogen-bond acceptors (Lipinski definition) is 6. The quantitative estimate of drug-likeness (QED) is 0.529. The molecular weight excluding hydrogens is 531 g/mol. The zero-order valence-corrected chi connectivity index (χ0v) is 23.4. The summed E-state index contributed by atoms with van der Waals surface area (Å²) in [4.78, 5) is 25.0. The molecular formula is C27H36F3N5O3S. The number of alkyl halides is 3. The second kappa shape index (κ2) is 11.4. The molecule has 1 saturated carbocycles. The molecule has 2 unspecified atom stereocenters. The van der Waals surface area contributed by atoms with Gasteiger partial charge in [-0.2, -0.15) is 13.2 Å². The minimum atomic E-state index is -4.42. The highest BCUT2D eigenvalue weighted by atomic mass is 32.2. The Morgan fingerprint density at radius 1 is 1.15 bits per heavy atom. The van der Waals surface area contributed by atoms with Crippen molar-refractivity contribution < 1.29 is 26.4 Å². The molecule has 1 saturated heterocycles. The zero-order chi connectivity index (χ0) is 28.5. The number of anilines is 1. The van der Waals surface area contributed by atoms with Gasteiger partial charge in [0.1, 0.15) is 12.1 Å². The summed E-state index contributed by atoms with van der Waals surface area (Å²) in [5.41, 5.74) is -0.0335. The van der Waals surface area contributed by atoms with Gasteiger partial charge in [-0.05, 0) is 76.2 Å². The van der Waals surface area contributed by atoms with Crippen molar-refractivity contribution >= 4 is 21.7 Å². The van der Waals surface area contributed by atoms with E-state index < -0.39 is 33.1 Å². The van der Waals surface area contributed by atoms with Gasteiger partial charge in [-0.1, -0.05) is 25.1 Å². The summed E-state index contributed by atoms with van der Waals surface area (Å²) in [5, 5.41) is -0.921. The maximum Gasteiger partial charge on any atom is 0.416 e. The van der Waals surface area contributed by atoms with Gasteiger partial charge in [-0.25, -0.2) is 18.4 Å². The van der Waals surface area contributed by atoms with Crippen molar-refractivity contribution in [3.05, 3.63) is 54.0 Å². The number of sulfonamides is 1. The lowest BCUT2D eigenvalue weighted by Gasteiger charge is -2.52. The Morgan fingerprint density at radius 3 is 2.54 bits per heavy atom. The summed E-state index contributed by atoms with van der Waals surface area (Å²) in [5.74, 6) is -0.0986. The van der Waals surface area contributed by atoms with Gasteiger partial charge in [0.15, 0.2) is 0 Å². The van der Waals surface area contributed by atoms with E-state index in [9.17, 15) is 26.4 Å². The number of piperidine rings is 1. The van der Waals surface area contributed by atoms with Gasteiger partial charge in [0.25, 0.3) is 0 Å². The highest BCUT2D eigenvalue weighted by molar-refractivity contribution is 7.93. The molecule has 1 aliphatic heterocycles. The summed E-state index contributed by atoms with van der Waals surface area (Å²) in [6, 6.07) is 5.96. The van der Waals surface area contributed by atoms with Crippen molar-refractivity contribution in [3.8, 4) is 0 Å². The predicted octanol–water partition coefficient (Wildman–Crippen LogP) is 4.52. The highest BCUT2D eigenvalue weighted by Crippen LogP contribution is 2.42. The van der Waals surface area contributed by atoms with Crippen molar-refractivity contribution in [3.63, 3.8) is 0 Å². The molecule has 39 heavy (non-hydrogen) atoms. The van der Waals surface area contributed by atoms with E-state index in [0.717, 1.165) is 6.07 Å². The summed E-state index contributed by atoms with van der Waals surface area (Å²) in [7, 11) is -0.108. The molecule has 0 bridgehead atoms. The predicted molar refractivity (Wildman–Crippen MR) is 142 cm³/mol. The Kier molecular flexibility index (Phi) is 8.55. The number of carbonyl (C=O) groups is 1. The lowest BCUT2D eigenvalue weighted by molar-refractivity contribution is -0.145. The van der Waals surface area contributed by atoms with Crippen molar-refractivity contribution in [1.82, 2.24) is 19.8 Å². The molecule has 1 amide bonds. The number of likely N-dealkylation sites (N-methyl/N-ethyl adjacent to an activating group) is 1. The van der Waals surface area contributed by atoms with Crippen molar-refractivity contribution in [2.45, 2.75) is 81.4 Å². The molecule has 2 fully saturated rings. The van der Waals surface area contributed by atoms with Crippen LogP contribution in [0, 0.1) is 5.92 Å². The largest absolute Gasteiger partial charge is 0.416 e. The van der Waals surface area contributed by atoms with Crippen molar-refractivity contribution in [2.75, 3.05) is 18.8 Å². The van der Waals surface area contributed by atoms with Crippen LogP contribution >= 0.6 is 0 Å². The fourth-order valence-corrected chi connectivity index (χ4v) is 7.61. The Morgan fingerprint density at radius 2 is 1.90 bits per heavy atom. The van der Waals surface area contributed by atoms with Crippen LogP contribution in [0.3, 0.4) is 0 Å². The number of nitrogens with zero attached hydrogens (tertiary/aromatic N) is 4.